The van der Waals surface area contributed by atoms with Gasteiger partial charge >= 0.3 is 12.3 Å². The highest BCUT2D eigenvalue weighted by Gasteiger charge is 2.29. The fraction of sp³-hybridized carbons (Fsp3) is 0.429. The van der Waals surface area contributed by atoms with Gasteiger partial charge in [-0.05, 0) is 0 Å². The second-order valence-corrected chi connectivity index (χ2v) is 2.72. The highest BCUT2D eigenvalue weighted by molar-refractivity contribution is 5.84. The van der Waals surface area contributed by atoms with E-state index in [0.717, 1.165) is 0 Å². The number of halogens is 3. The number of aryl methyl sites for hydroxylation is 1. The van der Waals surface area contributed by atoms with Crippen molar-refractivity contribution in [2.45, 2.75) is 6.18 Å². The first kappa shape index (κ1) is 11.3. The van der Waals surface area contributed by atoms with Crippen molar-refractivity contribution in [3.05, 3.63) is 12.4 Å². The fourth-order valence-electron chi connectivity index (χ4n) is 0.787. The molecule has 1 heterocycles. The molecule has 84 valence electrons. The van der Waals surface area contributed by atoms with Crippen LogP contribution in [-0.4, -0.2) is 28.7 Å². The smallest absolute Gasteiger partial charge is 0.422 e. The number of aromatic nitrogens is 2. The Kier molecular flexibility index (Phi) is 3.17. The molecule has 1 rings (SSSR count). The van der Waals surface area contributed by atoms with E-state index in [-0.39, 0.29) is 5.69 Å². The molecule has 0 spiro atoms. The number of carbonyl (C=O) groups excluding carboxylic acids is 1. The number of carbonyl (C=O) groups is 1. The van der Waals surface area contributed by atoms with Gasteiger partial charge in [0.2, 0.25) is 0 Å². The Balaban J connectivity index is 2.37. The van der Waals surface area contributed by atoms with E-state index in [1.165, 1.54) is 17.1 Å². The third kappa shape index (κ3) is 4.34. The molecule has 0 radical (unpaired) electrons. The van der Waals surface area contributed by atoms with Gasteiger partial charge in [-0.15, -0.1) is 0 Å². The summed E-state index contributed by atoms with van der Waals surface area (Å²) < 4.78 is 40.2. The standard InChI is InChI=1S/C7H8F3N3O2/c1-13-3-5(2-11-13)12-6(14)15-4-7(8,9)10/h2-3H,4H2,1H3,(H,12,14). The van der Waals surface area contributed by atoms with Gasteiger partial charge in [0, 0.05) is 13.2 Å². The SMILES string of the molecule is Cn1cc(NC(=O)OCC(F)(F)F)cn1. The van der Waals surface area contributed by atoms with Crippen molar-refractivity contribution in [2.24, 2.45) is 7.05 Å². The lowest BCUT2D eigenvalue weighted by molar-refractivity contribution is -0.159. The normalized spacial score (nSPS) is 11.2. The number of hydrogen-bond acceptors (Lipinski definition) is 3. The molecule has 0 bridgehead atoms. The van der Waals surface area contributed by atoms with Crippen molar-refractivity contribution in [3.63, 3.8) is 0 Å². The van der Waals surface area contributed by atoms with E-state index in [0.29, 0.717) is 0 Å². The van der Waals surface area contributed by atoms with Gasteiger partial charge in [-0.25, -0.2) is 4.79 Å². The highest BCUT2D eigenvalue weighted by Crippen LogP contribution is 2.15. The second-order valence-electron chi connectivity index (χ2n) is 2.72. The molecular weight excluding hydrogens is 215 g/mol. The molecule has 0 unspecified atom stereocenters. The summed E-state index contributed by atoms with van der Waals surface area (Å²) in [7, 11) is 1.60. The van der Waals surface area contributed by atoms with Crippen LogP contribution in [0.1, 0.15) is 0 Å². The van der Waals surface area contributed by atoms with E-state index in [2.05, 4.69) is 15.2 Å². The van der Waals surface area contributed by atoms with Crippen LogP contribution in [0, 0.1) is 0 Å². The second kappa shape index (κ2) is 4.20. The van der Waals surface area contributed by atoms with E-state index in [1.54, 1.807) is 7.05 Å². The lowest BCUT2D eigenvalue weighted by Gasteiger charge is -2.07. The quantitative estimate of drug-likeness (QED) is 0.827. The van der Waals surface area contributed by atoms with Crippen LogP contribution < -0.4 is 5.32 Å². The summed E-state index contributed by atoms with van der Waals surface area (Å²) in [6, 6.07) is 0. The van der Waals surface area contributed by atoms with Crippen molar-refractivity contribution >= 4 is 11.8 Å². The zero-order valence-electron chi connectivity index (χ0n) is 7.71. The van der Waals surface area contributed by atoms with Crippen molar-refractivity contribution in [2.75, 3.05) is 11.9 Å². The number of hydrogen-bond donors (Lipinski definition) is 1. The maximum absolute atomic E-state index is 11.6. The first-order valence-corrected chi connectivity index (χ1v) is 3.86. The topological polar surface area (TPSA) is 56.2 Å². The molecule has 0 aliphatic heterocycles. The molecule has 0 atom stereocenters. The Labute approximate surface area is 82.8 Å². The number of rotatable bonds is 2. The fourth-order valence-corrected chi connectivity index (χ4v) is 0.787. The highest BCUT2D eigenvalue weighted by atomic mass is 19.4. The minimum atomic E-state index is -4.52. The third-order valence-electron chi connectivity index (χ3n) is 1.32. The summed E-state index contributed by atoms with van der Waals surface area (Å²) in [5.41, 5.74) is 0.268. The van der Waals surface area contributed by atoms with E-state index in [1.807, 2.05) is 0 Å². The van der Waals surface area contributed by atoms with Crippen molar-refractivity contribution < 1.29 is 22.7 Å². The molecule has 1 amide bonds. The Bertz CT molecular complexity index is 347. The number of ether oxygens (including phenoxy) is 1. The number of amides is 1. The number of alkyl halides is 3. The van der Waals surface area contributed by atoms with Crippen LogP contribution in [0.3, 0.4) is 0 Å². The maximum atomic E-state index is 11.6. The van der Waals surface area contributed by atoms with E-state index in [4.69, 9.17) is 0 Å². The van der Waals surface area contributed by atoms with Crippen LogP contribution in [0.25, 0.3) is 0 Å². The summed E-state index contributed by atoms with van der Waals surface area (Å²) >= 11 is 0. The van der Waals surface area contributed by atoms with Gasteiger partial charge in [-0.3, -0.25) is 10.00 Å². The Morgan fingerprint density at radius 2 is 2.33 bits per heavy atom. The van der Waals surface area contributed by atoms with Crippen LogP contribution in [0.5, 0.6) is 0 Å². The van der Waals surface area contributed by atoms with Crippen LogP contribution >= 0.6 is 0 Å². The molecule has 0 fully saturated rings. The van der Waals surface area contributed by atoms with Gasteiger partial charge in [0.25, 0.3) is 0 Å². The third-order valence-corrected chi connectivity index (χ3v) is 1.32. The van der Waals surface area contributed by atoms with Crippen molar-refractivity contribution in [1.82, 2.24) is 9.78 Å². The molecule has 1 aromatic heterocycles. The van der Waals surface area contributed by atoms with Gasteiger partial charge in [0.05, 0.1) is 11.9 Å². The van der Waals surface area contributed by atoms with Gasteiger partial charge < -0.3 is 4.74 Å². The summed E-state index contributed by atoms with van der Waals surface area (Å²) in [4.78, 5) is 10.8. The minimum absolute atomic E-state index is 0.268. The lowest BCUT2D eigenvalue weighted by Crippen LogP contribution is -2.23. The molecule has 1 N–H and O–H groups in total. The molecule has 0 saturated heterocycles. The first-order valence-electron chi connectivity index (χ1n) is 3.86. The average molecular weight is 223 g/mol. The largest absolute Gasteiger partial charge is 0.440 e. The predicted octanol–water partition coefficient (Wildman–Crippen LogP) is 1.53. The summed E-state index contributed by atoms with van der Waals surface area (Å²) in [5, 5.41) is 5.79. The Hall–Kier alpha value is -1.73. The molecule has 0 saturated carbocycles. The molecule has 0 aliphatic carbocycles. The first-order chi connectivity index (χ1) is 6.87. The van der Waals surface area contributed by atoms with Crippen LogP contribution in [-0.2, 0) is 11.8 Å². The molecular formula is C7H8F3N3O2. The van der Waals surface area contributed by atoms with Crippen LogP contribution in [0.2, 0.25) is 0 Å². The summed E-state index contributed by atoms with van der Waals surface area (Å²) in [6.07, 6.45) is -2.98. The molecule has 1 aromatic rings. The predicted molar refractivity (Wildman–Crippen MR) is 44.2 cm³/mol. The van der Waals surface area contributed by atoms with Gasteiger partial charge in [0.15, 0.2) is 6.61 Å². The van der Waals surface area contributed by atoms with E-state index < -0.39 is 18.9 Å². The minimum Gasteiger partial charge on any atom is -0.440 e. The summed E-state index contributed by atoms with van der Waals surface area (Å²) in [5.74, 6) is 0. The van der Waals surface area contributed by atoms with Crippen LogP contribution in [0.4, 0.5) is 23.7 Å². The molecule has 0 aliphatic rings. The number of nitrogens with one attached hydrogen (secondary N) is 1. The lowest BCUT2D eigenvalue weighted by atomic mass is 10.6. The van der Waals surface area contributed by atoms with Gasteiger partial charge in [0.1, 0.15) is 0 Å². The molecule has 15 heavy (non-hydrogen) atoms. The zero-order chi connectivity index (χ0) is 11.5. The van der Waals surface area contributed by atoms with Crippen molar-refractivity contribution in [1.29, 1.82) is 0 Å². The van der Waals surface area contributed by atoms with Crippen molar-refractivity contribution in [3.8, 4) is 0 Å². The molecule has 0 aromatic carbocycles. The average Bonchev–Trinajstić information content (AvgIpc) is 2.47. The molecule has 8 heteroatoms. The van der Waals surface area contributed by atoms with Crippen LogP contribution in [0.15, 0.2) is 12.4 Å². The Morgan fingerprint density at radius 1 is 1.67 bits per heavy atom. The maximum Gasteiger partial charge on any atom is 0.422 e. The summed E-state index contributed by atoms with van der Waals surface area (Å²) in [6.45, 7) is -1.61. The van der Waals surface area contributed by atoms with E-state index in [9.17, 15) is 18.0 Å². The van der Waals surface area contributed by atoms with Gasteiger partial charge in [-0.1, -0.05) is 0 Å². The molecule has 5 nitrogen and oxygen atoms in total. The Morgan fingerprint density at radius 3 is 2.80 bits per heavy atom. The van der Waals surface area contributed by atoms with Gasteiger partial charge in [-0.2, -0.15) is 18.3 Å². The zero-order valence-corrected chi connectivity index (χ0v) is 7.71. The monoisotopic (exact) mass is 223 g/mol. The number of nitrogens with zero attached hydrogens (tertiary/aromatic N) is 2. The number of anilines is 1. The van der Waals surface area contributed by atoms with E-state index >= 15 is 0 Å².